The fourth-order valence-electron chi connectivity index (χ4n) is 6.23. The van der Waals surface area contributed by atoms with Gasteiger partial charge in [-0.1, -0.05) is 171 Å². The Bertz CT molecular complexity index is 1040. The first-order valence-electron chi connectivity index (χ1n) is 23.3. The molecule has 0 N–H and O–H groups in total. The minimum Gasteiger partial charge on any atom is -0.462 e. The van der Waals surface area contributed by atoms with Crippen LogP contribution in [0.5, 0.6) is 0 Å². The molecule has 6 heteroatoms. The fourth-order valence-corrected chi connectivity index (χ4v) is 6.23. The van der Waals surface area contributed by atoms with Gasteiger partial charge in [-0.3, -0.25) is 14.4 Å². The molecule has 0 aliphatic rings. The molecule has 0 fully saturated rings. The molecule has 0 aliphatic heterocycles. The lowest BCUT2D eigenvalue weighted by molar-refractivity contribution is -0.166. The number of carbonyl (C=O) groups is 3. The normalized spacial score (nSPS) is 12.6. The quantitative estimate of drug-likeness (QED) is 0.0266. The fraction of sp³-hybridized carbons (Fsp3) is 0.740. The summed E-state index contributed by atoms with van der Waals surface area (Å²) in [6, 6.07) is 0. The molecule has 0 radical (unpaired) electrons. The third-order valence-corrected chi connectivity index (χ3v) is 9.74. The van der Waals surface area contributed by atoms with E-state index in [9.17, 15) is 14.4 Å². The lowest BCUT2D eigenvalue weighted by Crippen LogP contribution is -2.30. The second-order valence-electron chi connectivity index (χ2n) is 15.3. The van der Waals surface area contributed by atoms with Gasteiger partial charge >= 0.3 is 17.9 Å². The van der Waals surface area contributed by atoms with Crippen molar-refractivity contribution in [2.75, 3.05) is 13.2 Å². The third kappa shape index (κ3) is 42.3. The summed E-state index contributed by atoms with van der Waals surface area (Å²) in [6.07, 6.45) is 53.7. The molecule has 0 saturated heterocycles. The molecular weight excluding hydrogens is 697 g/mol. The van der Waals surface area contributed by atoms with E-state index in [4.69, 9.17) is 14.2 Å². The molecule has 0 aromatic rings. The molecule has 0 aromatic carbocycles. The summed E-state index contributed by atoms with van der Waals surface area (Å²) in [5.41, 5.74) is 0. The molecule has 322 valence electrons. The van der Waals surface area contributed by atoms with E-state index in [1.54, 1.807) is 0 Å². The largest absolute Gasteiger partial charge is 0.462 e. The molecule has 0 spiro atoms. The Morgan fingerprint density at radius 1 is 0.375 bits per heavy atom. The highest BCUT2D eigenvalue weighted by Gasteiger charge is 2.19. The van der Waals surface area contributed by atoms with Gasteiger partial charge in [0.05, 0.1) is 0 Å². The number of esters is 3. The molecule has 6 nitrogen and oxygen atoms in total. The van der Waals surface area contributed by atoms with Crippen molar-refractivity contribution in [1.29, 1.82) is 0 Å². The van der Waals surface area contributed by atoms with Gasteiger partial charge in [0.1, 0.15) is 13.2 Å². The van der Waals surface area contributed by atoms with Gasteiger partial charge in [0.25, 0.3) is 0 Å². The standard InChI is InChI=1S/C50H86O6/c1-4-7-10-13-16-19-21-23-24-25-27-28-31-34-37-40-43-49(52)55-46-47(45-54-48(51)42-39-36-33-30-18-15-12-9-6-3)56-50(53)44-41-38-35-32-29-26-22-20-17-14-11-8-5-2/h9,12,18,24-26,29-30,35,38,47H,4-8,10-11,13-17,19-23,27-28,31-34,36-37,39-46H2,1-3H3/b12-9-,25-24-,29-26-,30-18-,38-35-. The van der Waals surface area contributed by atoms with Crippen molar-refractivity contribution in [1.82, 2.24) is 0 Å². The van der Waals surface area contributed by atoms with Crippen molar-refractivity contribution in [2.24, 2.45) is 0 Å². The molecule has 0 saturated carbocycles. The Balaban J connectivity index is 4.44. The van der Waals surface area contributed by atoms with Gasteiger partial charge in [0, 0.05) is 19.3 Å². The first kappa shape index (κ1) is 53.1. The van der Waals surface area contributed by atoms with E-state index in [1.165, 1.54) is 103 Å². The van der Waals surface area contributed by atoms with Gasteiger partial charge in [-0.2, -0.15) is 0 Å². The van der Waals surface area contributed by atoms with Crippen LogP contribution in [0.15, 0.2) is 60.8 Å². The average molecular weight is 783 g/mol. The lowest BCUT2D eigenvalue weighted by atomic mass is 10.1. The van der Waals surface area contributed by atoms with Crippen molar-refractivity contribution in [3.05, 3.63) is 60.8 Å². The zero-order valence-electron chi connectivity index (χ0n) is 36.6. The van der Waals surface area contributed by atoms with Crippen molar-refractivity contribution in [3.63, 3.8) is 0 Å². The second-order valence-corrected chi connectivity index (χ2v) is 15.3. The highest BCUT2D eigenvalue weighted by Crippen LogP contribution is 2.12. The molecule has 0 heterocycles. The smallest absolute Gasteiger partial charge is 0.306 e. The van der Waals surface area contributed by atoms with Gasteiger partial charge in [-0.15, -0.1) is 0 Å². The first-order valence-corrected chi connectivity index (χ1v) is 23.3. The van der Waals surface area contributed by atoms with Crippen LogP contribution in [0.1, 0.15) is 220 Å². The highest BCUT2D eigenvalue weighted by molar-refractivity contribution is 5.71. The maximum Gasteiger partial charge on any atom is 0.306 e. The number of rotatable bonds is 41. The molecule has 0 aliphatic carbocycles. The first-order chi connectivity index (χ1) is 27.5. The molecule has 0 amide bonds. The van der Waals surface area contributed by atoms with Gasteiger partial charge in [-0.25, -0.2) is 0 Å². The molecule has 0 rings (SSSR count). The summed E-state index contributed by atoms with van der Waals surface area (Å²) in [4.78, 5) is 37.6. The molecule has 56 heavy (non-hydrogen) atoms. The van der Waals surface area contributed by atoms with E-state index in [-0.39, 0.29) is 31.6 Å². The van der Waals surface area contributed by atoms with Crippen molar-refractivity contribution in [2.45, 2.75) is 226 Å². The SMILES string of the molecule is CC/C=C\C/C=C\CCCCC(=O)OCC(COC(=O)CCCCCCC/C=C\CCCCCCCCC)OC(=O)CC/C=C\C/C=C\CCCCCCCC. The second kappa shape index (κ2) is 44.8. The van der Waals surface area contributed by atoms with E-state index in [0.717, 1.165) is 70.6 Å². The summed E-state index contributed by atoms with van der Waals surface area (Å²) in [7, 11) is 0. The van der Waals surface area contributed by atoms with Crippen molar-refractivity contribution >= 4 is 17.9 Å². The molecule has 0 bridgehead atoms. The van der Waals surface area contributed by atoms with Crippen LogP contribution >= 0.6 is 0 Å². The maximum absolute atomic E-state index is 12.7. The number of allylic oxidation sites excluding steroid dienone is 10. The van der Waals surface area contributed by atoms with Crippen LogP contribution in [-0.4, -0.2) is 37.2 Å². The van der Waals surface area contributed by atoms with E-state index in [2.05, 4.69) is 75.5 Å². The maximum atomic E-state index is 12.7. The van der Waals surface area contributed by atoms with Gasteiger partial charge in [-0.05, 0) is 89.9 Å². The summed E-state index contributed by atoms with van der Waals surface area (Å²) in [6.45, 7) is 6.40. The Kier molecular flexibility index (Phi) is 42.5. The van der Waals surface area contributed by atoms with E-state index in [1.807, 2.05) is 6.08 Å². The van der Waals surface area contributed by atoms with Crippen molar-refractivity contribution in [3.8, 4) is 0 Å². The number of hydrogen-bond acceptors (Lipinski definition) is 6. The Morgan fingerprint density at radius 2 is 0.732 bits per heavy atom. The Labute approximate surface area is 345 Å². The zero-order valence-corrected chi connectivity index (χ0v) is 36.6. The zero-order chi connectivity index (χ0) is 40.8. The van der Waals surface area contributed by atoms with Crippen LogP contribution in [0.25, 0.3) is 0 Å². The van der Waals surface area contributed by atoms with Crippen LogP contribution in [0.4, 0.5) is 0 Å². The van der Waals surface area contributed by atoms with Gasteiger partial charge in [0.2, 0.25) is 0 Å². The predicted molar refractivity (Wildman–Crippen MR) is 238 cm³/mol. The molecule has 1 unspecified atom stereocenters. The third-order valence-electron chi connectivity index (χ3n) is 9.74. The summed E-state index contributed by atoms with van der Waals surface area (Å²) >= 11 is 0. The Hall–Kier alpha value is -2.89. The average Bonchev–Trinajstić information content (AvgIpc) is 3.19. The minimum absolute atomic E-state index is 0.112. The van der Waals surface area contributed by atoms with Crippen molar-refractivity contribution < 1.29 is 28.6 Å². The molecule has 0 aromatic heterocycles. The van der Waals surface area contributed by atoms with Crippen LogP contribution in [0.2, 0.25) is 0 Å². The van der Waals surface area contributed by atoms with Crippen LogP contribution < -0.4 is 0 Å². The van der Waals surface area contributed by atoms with Crippen LogP contribution in [0, 0.1) is 0 Å². The summed E-state index contributed by atoms with van der Waals surface area (Å²) in [5.74, 6) is -1.03. The summed E-state index contributed by atoms with van der Waals surface area (Å²) in [5, 5.41) is 0. The summed E-state index contributed by atoms with van der Waals surface area (Å²) < 4.78 is 16.6. The van der Waals surface area contributed by atoms with E-state index >= 15 is 0 Å². The van der Waals surface area contributed by atoms with Gasteiger partial charge in [0.15, 0.2) is 6.10 Å². The van der Waals surface area contributed by atoms with E-state index < -0.39 is 12.1 Å². The number of unbranched alkanes of at least 4 members (excludes halogenated alkanes) is 20. The Morgan fingerprint density at radius 3 is 1.20 bits per heavy atom. The predicted octanol–water partition coefficient (Wildman–Crippen LogP) is 14.9. The topological polar surface area (TPSA) is 78.9 Å². The molecular formula is C50H86O6. The minimum atomic E-state index is -0.817. The van der Waals surface area contributed by atoms with Gasteiger partial charge < -0.3 is 14.2 Å². The van der Waals surface area contributed by atoms with Crippen LogP contribution in [0.3, 0.4) is 0 Å². The number of ether oxygens (including phenoxy) is 3. The lowest BCUT2D eigenvalue weighted by Gasteiger charge is -2.18. The number of carbonyl (C=O) groups excluding carboxylic acids is 3. The molecule has 1 atom stereocenters. The highest BCUT2D eigenvalue weighted by atomic mass is 16.6. The van der Waals surface area contributed by atoms with Crippen LogP contribution in [-0.2, 0) is 28.6 Å². The monoisotopic (exact) mass is 783 g/mol. The number of hydrogen-bond donors (Lipinski definition) is 0. The van der Waals surface area contributed by atoms with E-state index in [0.29, 0.717) is 19.3 Å².